The zero-order chi connectivity index (χ0) is 16.3. The summed E-state index contributed by atoms with van der Waals surface area (Å²) >= 11 is 0. The minimum atomic E-state index is -3.12. The van der Waals surface area contributed by atoms with E-state index in [0.29, 0.717) is 0 Å². The van der Waals surface area contributed by atoms with Crippen LogP contribution in [0.1, 0.15) is 57.4 Å². The van der Waals surface area contributed by atoms with E-state index in [2.05, 4.69) is 10.3 Å². The van der Waals surface area contributed by atoms with Crippen LogP contribution in [0.25, 0.3) is 0 Å². The number of amides is 1. The van der Waals surface area contributed by atoms with Gasteiger partial charge in [-0.2, -0.15) is 0 Å². The number of carbonyl (C=O) groups is 1. The summed E-state index contributed by atoms with van der Waals surface area (Å²) in [6.07, 6.45) is 12.0. The maximum absolute atomic E-state index is 12.2. The highest BCUT2D eigenvalue weighted by Gasteiger charge is 2.31. The zero-order valence-electron chi connectivity index (χ0n) is 13.4. The Balaban J connectivity index is 1.51. The topological polar surface area (TPSA) is 81.1 Å². The quantitative estimate of drug-likeness (QED) is 0.857. The lowest BCUT2D eigenvalue weighted by molar-refractivity contribution is -0.121. The summed E-state index contributed by atoms with van der Waals surface area (Å²) in [7, 11) is -3.12. The van der Waals surface area contributed by atoms with E-state index in [1.165, 1.54) is 0 Å². The molecule has 2 aliphatic rings. The maximum atomic E-state index is 12.2. The molecule has 1 aromatic heterocycles. The molecule has 2 saturated carbocycles. The van der Waals surface area contributed by atoms with E-state index in [9.17, 15) is 13.2 Å². The fraction of sp³-hybridized carbons (Fsp3) is 0.750. The molecule has 2 unspecified atom stereocenters. The minimum absolute atomic E-state index is 0.0219. The number of imidazole rings is 1. The Morgan fingerprint density at radius 2 is 1.96 bits per heavy atom. The van der Waals surface area contributed by atoms with Crippen LogP contribution >= 0.6 is 0 Å². The number of nitrogens with zero attached hydrogens (tertiary/aromatic N) is 2. The molecule has 6 nitrogen and oxygen atoms in total. The zero-order valence-corrected chi connectivity index (χ0v) is 14.2. The highest BCUT2D eigenvalue weighted by molar-refractivity contribution is 7.92. The van der Waals surface area contributed by atoms with Gasteiger partial charge in [0.2, 0.25) is 5.91 Å². The number of carbonyl (C=O) groups excluding carboxylic acids is 1. The molecule has 3 rings (SSSR count). The second-order valence-electron chi connectivity index (χ2n) is 6.71. The highest BCUT2D eigenvalue weighted by atomic mass is 32.2. The second kappa shape index (κ2) is 7.03. The first kappa shape index (κ1) is 16.5. The van der Waals surface area contributed by atoms with E-state index in [1.54, 1.807) is 12.5 Å². The normalized spacial score (nSPS) is 25.7. The average Bonchev–Trinajstić information content (AvgIpc) is 3.25. The third-order valence-corrected chi connectivity index (χ3v) is 7.42. The fourth-order valence-corrected chi connectivity index (χ4v) is 5.71. The summed E-state index contributed by atoms with van der Waals surface area (Å²) in [6.45, 7) is 0. The number of aromatic nitrogens is 2. The van der Waals surface area contributed by atoms with Gasteiger partial charge in [-0.15, -0.1) is 0 Å². The number of hydrogen-bond donors (Lipinski definition) is 1. The predicted molar refractivity (Wildman–Crippen MR) is 87.7 cm³/mol. The van der Waals surface area contributed by atoms with Crippen molar-refractivity contribution in [1.29, 1.82) is 0 Å². The van der Waals surface area contributed by atoms with Crippen molar-refractivity contribution < 1.29 is 13.2 Å². The standard InChI is InChI=1S/C16H25N3O3S/c20-16(8-11-23(21,22)13-4-1-2-5-13)18-14-6-3-7-15(14)19-10-9-17-12-19/h9-10,12-15H,1-8,11H2,(H,18,20). The van der Waals surface area contributed by atoms with Crippen LogP contribution in [0.4, 0.5) is 0 Å². The van der Waals surface area contributed by atoms with Crippen molar-refractivity contribution >= 4 is 15.7 Å². The molecule has 23 heavy (non-hydrogen) atoms. The number of hydrogen-bond acceptors (Lipinski definition) is 4. The van der Waals surface area contributed by atoms with Gasteiger partial charge < -0.3 is 9.88 Å². The predicted octanol–water partition coefficient (Wildman–Crippen LogP) is 1.84. The summed E-state index contributed by atoms with van der Waals surface area (Å²) in [6, 6.07) is 0.304. The molecule has 0 aliphatic heterocycles. The van der Waals surface area contributed by atoms with E-state index in [4.69, 9.17) is 0 Å². The average molecular weight is 339 g/mol. The molecule has 2 fully saturated rings. The Bertz CT molecular complexity index is 621. The Hall–Kier alpha value is -1.37. The molecule has 1 amide bonds. The van der Waals surface area contributed by atoms with Crippen molar-refractivity contribution in [2.75, 3.05) is 5.75 Å². The van der Waals surface area contributed by atoms with Gasteiger partial charge in [-0.05, 0) is 32.1 Å². The van der Waals surface area contributed by atoms with Crippen molar-refractivity contribution in [3.8, 4) is 0 Å². The van der Waals surface area contributed by atoms with Crippen molar-refractivity contribution in [3.63, 3.8) is 0 Å². The number of rotatable bonds is 6. The molecule has 0 aromatic carbocycles. The lowest BCUT2D eigenvalue weighted by atomic mass is 10.1. The van der Waals surface area contributed by atoms with E-state index in [-0.39, 0.29) is 35.4 Å². The second-order valence-corrected chi connectivity index (χ2v) is 9.11. The van der Waals surface area contributed by atoms with Crippen LogP contribution in [-0.4, -0.2) is 40.9 Å². The molecule has 2 aliphatic carbocycles. The Kier molecular flexibility index (Phi) is 5.04. The van der Waals surface area contributed by atoms with Crippen molar-refractivity contribution in [2.45, 2.75) is 68.7 Å². The van der Waals surface area contributed by atoms with Gasteiger partial charge in [0.05, 0.1) is 23.4 Å². The van der Waals surface area contributed by atoms with E-state index in [1.807, 2.05) is 10.8 Å². The molecule has 0 radical (unpaired) electrons. The summed E-state index contributed by atoms with van der Waals surface area (Å²) in [5.41, 5.74) is 0. The van der Waals surface area contributed by atoms with Crippen LogP contribution in [0.3, 0.4) is 0 Å². The Morgan fingerprint density at radius 1 is 1.17 bits per heavy atom. The van der Waals surface area contributed by atoms with Gasteiger partial charge in [0, 0.05) is 24.9 Å². The van der Waals surface area contributed by atoms with Crippen LogP contribution in [-0.2, 0) is 14.6 Å². The van der Waals surface area contributed by atoms with Gasteiger partial charge >= 0.3 is 0 Å². The molecular formula is C16H25N3O3S. The molecule has 0 bridgehead atoms. The van der Waals surface area contributed by atoms with Gasteiger partial charge in [0.25, 0.3) is 0 Å². The summed E-state index contributed by atoms with van der Waals surface area (Å²) in [5, 5.41) is 2.81. The first-order valence-corrected chi connectivity index (χ1v) is 10.3. The lowest BCUT2D eigenvalue weighted by Gasteiger charge is -2.22. The lowest BCUT2D eigenvalue weighted by Crippen LogP contribution is -2.39. The van der Waals surface area contributed by atoms with Crippen molar-refractivity contribution in [2.24, 2.45) is 0 Å². The van der Waals surface area contributed by atoms with E-state index < -0.39 is 9.84 Å². The Labute approximate surface area is 137 Å². The maximum Gasteiger partial charge on any atom is 0.221 e. The highest BCUT2D eigenvalue weighted by Crippen LogP contribution is 2.30. The summed E-state index contributed by atoms with van der Waals surface area (Å²) < 4.78 is 26.5. The van der Waals surface area contributed by atoms with E-state index >= 15 is 0 Å². The van der Waals surface area contributed by atoms with E-state index in [0.717, 1.165) is 44.9 Å². The fourth-order valence-electron chi connectivity index (χ4n) is 3.86. The van der Waals surface area contributed by atoms with Crippen LogP contribution in [0, 0.1) is 0 Å². The van der Waals surface area contributed by atoms with Gasteiger partial charge in [-0.1, -0.05) is 12.8 Å². The SMILES string of the molecule is O=C(CCS(=O)(=O)C1CCCC1)NC1CCCC1n1ccnc1. The molecule has 1 heterocycles. The summed E-state index contributed by atoms with van der Waals surface area (Å²) in [4.78, 5) is 16.2. The van der Waals surface area contributed by atoms with Gasteiger partial charge in [-0.3, -0.25) is 4.79 Å². The van der Waals surface area contributed by atoms with Gasteiger partial charge in [0.1, 0.15) is 0 Å². The molecule has 7 heteroatoms. The molecule has 0 saturated heterocycles. The monoisotopic (exact) mass is 339 g/mol. The number of sulfone groups is 1. The number of nitrogens with one attached hydrogen (secondary N) is 1. The van der Waals surface area contributed by atoms with Crippen LogP contribution in [0.15, 0.2) is 18.7 Å². The van der Waals surface area contributed by atoms with Crippen LogP contribution in [0.5, 0.6) is 0 Å². The molecule has 1 aromatic rings. The largest absolute Gasteiger partial charge is 0.351 e. The van der Waals surface area contributed by atoms with Crippen LogP contribution < -0.4 is 5.32 Å². The first-order valence-electron chi connectivity index (χ1n) is 8.54. The van der Waals surface area contributed by atoms with Gasteiger partial charge in [-0.25, -0.2) is 13.4 Å². The first-order chi connectivity index (χ1) is 11.1. The molecule has 128 valence electrons. The van der Waals surface area contributed by atoms with Gasteiger partial charge in [0.15, 0.2) is 9.84 Å². The van der Waals surface area contributed by atoms with Crippen molar-refractivity contribution in [3.05, 3.63) is 18.7 Å². The molecule has 2 atom stereocenters. The molecular weight excluding hydrogens is 314 g/mol. The third-order valence-electron chi connectivity index (χ3n) is 5.16. The smallest absolute Gasteiger partial charge is 0.221 e. The van der Waals surface area contributed by atoms with Crippen LogP contribution in [0.2, 0.25) is 0 Å². The molecule has 0 spiro atoms. The molecule has 1 N–H and O–H groups in total. The minimum Gasteiger partial charge on any atom is -0.351 e. The Morgan fingerprint density at radius 3 is 2.65 bits per heavy atom. The third kappa shape index (κ3) is 3.94. The summed E-state index contributed by atoms with van der Waals surface area (Å²) in [5.74, 6) is -0.171. The van der Waals surface area contributed by atoms with Crippen molar-refractivity contribution in [1.82, 2.24) is 14.9 Å².